The summed E-state index contributed by atoms with van der Waals surface area (Å²) >= 11 is 0. The van der Waals surface area contributed by atoms with Crippen molar-refractivity contribution in [3.05, 3.63) is 60.2 Å². The van der Waals surface area contributed by atoms with Gasteiger partial charge in [0.05, 0.1) is 11.8 Å². The average molecular weight is 280 g/mol. The largest absolute Gasteiger partial charge is 0.469 e. The molecule has 0 fully saturated rings. The van der Waals surface area contributed by atoms with Gasteiger partial charge in [-0.15, -0.1) is 0 Å². The lowest BCUT2D eigenvalue weighted by molar-refractivity contribution is 0.495. The third-order valence-electron chi connectivity index (χ3n) is 3.78. The number of furan rings is 1. The summed E-state index contributed by atoms with van der Waals surface area (Å²) in [6, 6.07) is 12.7. The van der Waals surface area contributed by atoms with E-state index in [2.05, 4.69) is 42.3 Å². The maximum Gasteiger partial charge on any atom is 0.103 e. The highest BCUT2D eigenvalue weighted by molar-refractivity contribution is 5.93. The minimum absolute atomic E-state index is 0.376. The molecule has 0 aliphatic carbocycles. The molecule has 2 heterocycles. The summed E-state index contributed by atoms with van der Waals surface area (Å²) in [6.07, 6.45) is 5.55. The molecule has 3 aromatic rings. The van der Waals surface area contributed by atoms with Gasteiger partial charge in [-0.3, -0.25) is 4.98 Å². The van der Waals surface area contributed by atoms with Crippen molar-refractivity contribution in [2.75, 3.05) is 5.32 Å². The molecule has 0 saturated heterocycles. The fourth-order valence-electron chi connectivity index (χ4n) is 2.59. The van der Waals surface area contributed by atoms with Crippen LogP contribution < -0.4 is 5.32 Å². The van der Waals surface area contributed by atoms with Crippen LogP contribution in [-0.4, -0.2) is 11.0 Å². The Morgan fingerprint density at radius 1 is 1.19 bits per heavy atom. The molecule has 0 radical (unpaired) electrons. The molecule has 3 heteroatoms. The first-order chi connectivity index (χ1) is 10.2. The molecule has 0 saturated carbocycles. The van der Waals surface area contributed by atoms with Crippen LogP contribution in [0.3, 0.4) is 0 Å². The standard InChI is InChI=1S/C18H20N2O/c1-13-7-10-17(16-6-3-11-19-18(13)16)20-14(2)8-9-15-5-4-12-21-15/h3-7,10-12,14,20H,8-9H2,1-2H3. The van der Waals surface area contributed by atoms with Crippen molar-refractivity contribution in [2.45, 2.75) is 32.7 Å². The van der Waals surface area contributed by atoms with Crippen molar-refractivity contribution >= 4 is 16.6 Å². The van der Waals surface area contributed by atoms with Crippen LogP contribution in [0.5, 0.6) is 0 Å². The van der Waals surface area contributed by atoms with Crippen molar-refractivity contribution in [2.24, 2.45) is 0 Å². The van der Waals surface area contributed by atoms with E-state index in [-0.39, 0.29) is 0 Å². The van der Waals surface area contributed by atoms with E-state index in [1.165, 1.54) is 10.9 Å². The lowest BCUT2D eigenvalue weighted by atomic mass is 10.1. The Bertz CT molecular complexity index is 719. The fourth-order valence-corrected chi connectivity index (χ4v) is 2.59. The summed E-state index contributed by atoms with van der Waals surface area (Å²) < 4.78 is 5.38. The topological polar surface area (TPSA) is 38.1 Å². The summed E-state index contributed by atoms with van der Waals surface area (Å²) in [7, 11) is 0. The molecular weight excluding hydrogens is 260 g/mol. The Labute approximate surface area is 125 Å². The van der Waals surface area contributed by atoms with E-state index in [9.17, 15) is 0 Å². The van der Waals surface area contributed by atoms with Crippen LogP contribution in [0.4, 0.5) is 5.69 Å². The Balaban J connectivity index is 1.74. The Morgan fingerprint density at radius 2 is 2.10 bits per heavy atom. The number of nitrogens with one attached hydrogen (secondary N) is 1. The molecule has 2 aromatic heterocycles. The minimum Gasteiger partial charge on any atom is -0.469 e. The van der Waals surface area contributed by atoms with Gasteiger partial charge < -0.3 is 9.73 Å². The first-order valence-corrected chi connectivity index (χ1v) is 7.37. The number of hydrogen-bond acceptors (Lipinski definition) is 3. The molecule has 0 spiro atoms. The number of rotatable bonds is 5. The average Bonchev–Trinajstić information content (AvgIpc) is 3.02. The third-order valence-corrected chi connectivity index (χ3v) is 3.78. The van der Waals surface area contributed by atoms with Crippen molar-refractivity contribution in [3.63, 3.8) is 0 Å². The van der Waals surface area contributed by atoms with Gasteiger partial charge in [0.2, 0.25) is 0 Å². The third kappa shape index (κ3) is 3.07. The molecule has 1 N–H and O–H groups in total. The molecule has 1 unspecified atom stereocenters. The van der Waals surface area contributed by atoms with Gasteiger partial charge >= 0.3 is 0 Å². The predicted molar refractivity (Wildman–Crippen MR) is 86.6 cm³/mol. The molecule has 1 aromatic carbocycles. The second-order valence-electron chi connectivity index (χ2n) is 5.49. The number of anilines is 1. The first-order valence-electron chi connectivity index (χ1n) is 7.37. The zero-order valence-electron chi connectivity index (χ0n) is 12.5. The van der Waals surface area contributed by atoms with Gasteiger partial charge in [0.1, 0.15) is 5.76 Å². The fraction of sp³-hybridized carbons (Fsp3) is 0.278. The number of nitrogens with zero attached hydrogens (tertiary/aromatic N) is 1. The second-order valence-corrected chi connectivity index (χ2v) is 5.49. The number of pyridine rings is 1. The van der Waals surface area contributed by atoms with Crippen molar-refractivity contribution in [1.82, 2.24) is 4.98 Å². The SMILES string of the molecule is Cc1ccc(NC(C)CCc2ccco2)c2cccnc12. The highest BCUT2D eigenvalue weighted by atomic mass is 16.3. The summed E-state index contributed by atoms with van der Waals surface area (Å²) in [6.45, 7) is 4.30. The predicted octanol–water partition coefficient (Wildman–Crippen LogP) is 4.57. The monoisotopic (exact) mass is 280 g/mol. The van der Waals surface area contributed by atoms with Crippen LogP contribution in [0.1, 0.15) is 24.7 Å². The van der Waals surface area contributed by atoms with Crippen molar-refractivity contribution in [1.29, 1.82) is 0 Å². The minimum atomic E-state index is 0.376. The van der Waals surface area contributed by atoms with Gasteiger partial charge in [-0.2, -0.15) is 0 Å². The molecule has 0 aliphatic heterocycles. The van der Waals surface area contributed by atoms with E-state index in [1.807, 2.05) is 24.4 Å². The lowest BCUT2D eigenvalue weighted by Gasteiger charge is -2.17. The zero-order valence-corrected chi connectivity index (χ0v) is 12.5. The van der Waals surface area contributed by atoms with Crippen molar-refractivity contribution < 1.29 is 4.42 Å². The van der Waals surface area contributed by atoms with Crippen LogP contribution in [0, 0.1) is 6.92 Å². The summed E-state index contributed by atoms with van der Waals surface area (Å²) in [5.41, 5.74) is 3.43. The lowest BCUT2D eigenvalue weighted by Crippen LogP contribution is -2.16. The van der Waals surface area contributed by atoms with E-state index >= 15 is 0 Å². The van der Waals surface area contributed by atoms with Crippen LogP contribution >= 0.6 is 0 Å². The normalized spacial score (nSPS) is 12.5. The van der Waals surface area contributed by atoms with Gasteiger partial charge in [-0.05, 0) is 56.2 Å². The van der Waals surface area contributed by atoms with Crippen LogP contribution in [-0.2, 0) is 6.42 Å². The van der Waals surface area contributed by atoms with Gasteiger partial charge in [0.25, 0.3) is 0 Å². The van der Waals surface area contributed by atoms with Gasteiger partial charge in [-0.25, -0.2) is 0 Å². The van der Waals surface area contributed by atoms with Crippen LogP contribution in [0.15, 0.2) is 53.3 Å². The van der Waals surface area contributed by atoms with Gasteiger partial charge in [-0.1, -0.05) is 6.07 Å². The maximum atomic E-state index is 5.38. The number of aryl methyl sites for hydroxylation is 2. The number of hydrogen-bond donors (Lipinski definition) is 1. The molecule has 3 nitrogen and oxygen atoms in total. The van der Waals surface area contributed by atoms with Crippen LogP contribution in [0.2, 0.25) is 0 Å². The summed E-state index contributed by atoms with van der Waals surface area (Å²) in [5, 5.41) is 4.78. The van der Waals surface area contributed by atoms with Gasteiger partial charge in [0.15, 0.2) is 0 Å². The van der Waals surface area contributed by atoms with Gasteiger partial charge in [0, 0.05) is 29.7 Å². The molecule has 0 aliphatic rings. The first kappa shape index (κ1) is 13.7. The van der Waals surface area contributed by atoms with E-state index in [4.69, 9.17) is 4.42 Å². The molecule has 3 rings (SSSR count). The second kappa shape index (κ2) is 6.00. The molecule has 0 bridgehead atoms. The smallest absolute Gasteiger partial charge is 0.103 e. The van der Waals surface area contributed by atoms with Crippen molar-refractivity contribution in [3.8, 4) is 0 Å². The van der Waals surface area contributed by atoms with E-state index in [0.717, 1.165) is 29.8 Å². The molecular formula is C18H20N2O. The highest BCUT2D eigenvalue weighted by Crippen LogP contribution is 2.25. The van der Waals surface area contributed by atoms with E-state index in [0.29, 0.717) is 6.04 Å². The molecule has 108 valence electrons. The van der Waals surface area contributed by atoms with E-state index in [1.54, 1.807) is 6.26 Å². The zero-order chi connectivity index (χ0) is 14.7. The highest BCUT2D eigenvalue weighted by Gasteiger charge is 2.08. The summed E-state index contributed by atoms with van der Waals surface area (Å²) in [5.74, 6) is 1.04. The summed E-state index contributed by atoms with van der Waals surface area (Å²) in [4.78, 5) is 4.48. The maximum absolute atomic E-state index is 5.38. The Kier molecular flexibility index (Phi) is 3.91. The Hall–Kier alpha value is -2.29. The van der Waals surface area contributed by atoms with E-state index < -0.39 is 0 Å². The number of fused-ring (bicyclic) bond motifs is 1. The molecule has 1 atom stereocenters. The molecule has 21 heavy (non-hydrogen) atoms. The van der Waals surface area contributed by atoms with Crippen LogP contribution in [0.25, 0.3) is 10.9 Å². The quantitative estimate of drug-likeness (QED) is 0.744. The molecule has 0 amide bonds. The number of aromatic nitrogens is 1. The Morgan fingerprint density at radius 3 is 2.90 bits per heavy atom. The number of benzene rings is 1.